The van der Waals surface area contributed by atoms with Crippen LogP contribution in [0.5, 0.6) is 0 Å². The molecule has 0 amide bonds. The van der Waals surface area contributed by atoms with Gasteiger partial charge in [-0.2, -0.15) is 0 Å². The van der Waals surface area contributed by atoms with Gasteiger partial charge >= 0.3 is 0 Å². The topological polar surface area (TPSA) is 16.8 Å². The minimum Gasteiger partial charge on any atom is -0.0805 e. The van der Waals surface area contributed by atoms with Crippen LogP contribution in [0.1, 0.15) is 11.9 Å². The van der Waals surface area contributed by atoms with E-state index < -0.39 is 0 Å². The van der Waals surface area contributed by atoms with E-state index in [1.54, 1.807) is 11.3 Å². The summed E-state index contributed by atoms with van der Waals surface area (Å²) in [5.74, 6) is 0. The third-order valence-electron chi connectivity index (χ3n) is 0.938. The molecule has 3 heteroatoms. The first-order chi connectivity index (χ1) is 3.83. The summed E-state index contributed by atoms with van der Waals surface area (Å²) in [6, 6.07) is 0. The molecule has 0 bridgehead atoms. The van der Waals surface area contributed by atoms with Crippen molar-refractivity contribution in [2.24, 2.45) is 0 Å². The number of aromatic nitrogens is 2. The quantitative estimate of drug-likeness (QED) is 0.511. The predicted molar refractivity (Wildman–Crippen MR) is 32.7 cm³/mol. The van der Waals surface area contributed by atoms with E-state index in [1.165, 1.54) is 0 Å². The molecule has 44 valence electrons. The van der Waals surface area contributed by atoms with Crippen molar-refractivity contribution in [3.05, 3.63) is 10.5 Å². The van der Waals surface area contributed by atoms with Crippen LogP contribution < -0.4 is 4.68 Å². The van der Waals surface area contributed by atoms with Crippen molar-refractivity contribution < 1.29 is 4.68 Å². The van der Waals surface area contributed by atoms with Gasteiger partial charge in [-0.25, -0.2) is 0 Å². The first-order valence-electron chi connectivity index (χ1n) is 2.64. The smallest absolute Gasteiger partial charge is 0.0805 e. The summed E-state index contributed by atoms with van der Waals surface area (Å²) >= 11 is 1.68. The van der Waals surface area contributed by atoms with Gasteiger partial charge in [0.1, 0.15) is 0 Å². The molecule has 0 fully saturated rings. The molecule has 0 aromatic carbocycles. The summed E-state index contributed by atoms with van der Waals surface area (Å²) in [6.07, 6.45) is 0. The summed E-state index contributed by atoms with van der Waals surface area (Å²) in [6.45, 7) is 5.07. The molecule has 0 atom stereocenters. The average Bonchev–Trinajstić information content (AvgIpc) is 2.14. The van der Waals surface area contributed by atoms with Crippen molar-refractivity contribution in [3.8, 4) is 0 Å². The second kappa shape index (κ2) is 2.22. The van der Waals surface area contributed by atoms with Crippen molar-refractivity contribution >= 4 is 11.3 Å². The maximum absolute atomic E-state index is 4.16. The molecule has 8 heavy (non-hydrogen) atoms. The summed E-state index contributed by atoms with van der Waals surface area (Å²) in [7, 11) is 0. The fourth-order valence-corrected chi connectivity index (χ4v) is 1.13. The number of aryl methyl sites for hydroxylation is 2. The zero-order valence-electron chi connectivity index (χ0n) is 5.09. The monoisotopic (exact) mass is 129 g/mol. The van der Waals surface area contributed by atoms with Crippen LogP contribution in [-0.2, 0) is 6.54 Å². The molecular formula is C5H9N2S+. The van der Waals surface area contributed by atoms with Gasteiger partial charge in [-0.15, -0.1) is 0 Å². The standard InChI is InChI=1S/C5H9N2S/c1-3-7-4-8-5(2)6-7/h4H,3H2,1-2H3/q+1. The molecule has 0 aliphatic heterocycles. The highest BCUT2D eigenvalue weighted by Crippen LogP contribution is 1.94. The largest absolute Gasteiger partial charge is 0.253 e. The van der Waals surface area contributed by atoms with Crippen LogP contribution in [0.25, 0.3) is 0 Å². The highest BCUT2D eigenvalue weighted by Gasteiger charge is 1.99. The molecule has 0 unspecified atom stereocenters. The molecule has 0 spiro atoms. The van der Waals surface area contributed by atoms with E-state index in [1.807, 2.05) is 17.1 Å². The fourth-order valence-electron chi connectivity index (χ4n) is 0.510. The van der Waals surface area contributed by atoms with Crippen LogP contribution in [0.3, 0.4) is 0 Å². The van der Waals surface area contributed by atoms with Crippen molar-refractivity contribution in [3.63, 3.8) is 0 Å². The van der Waals surface area contributed by atoms with Crippen LogP contribution in [0, 0.1) is 6.92 Å². The van der Waals surface area contributed by atoms with Gasteiger partial charge in [-0.1, -0.05) is 16.0 Å². The van der Waals surface area contributed by atoms with Gasteiger partial charge < -0.3 is 0 Å². The fraction of sp³-hybridized carbons (Fsp3) is 0.600. The minimum absolute atomic E-state index is 0.977. The molecule has 1 heterocycles. The summed E-state index contributed by atoms with van der Waals surface area (Å²) in [5, 5.41) is 5.30. The molecule has 0 saturated carbocycles. The molecule has 0 saturated heterocycles. The minimum atomic E-state index is 0.977. The lowest BCUT2D eigenvalue weighted by Gasteiger charge is -1.72. The lowest BCUT2D eigenvalue weighted by atomic mass is 10.8. The average molecular weight is 129 g/mol. The molecule has 0 aliphatic rings. The Bertz CT molecular complexity index is 171. The van der Waals surface area contributed by atoms with Gasteiger partial charge in [0.25, 0.3) is 5.51 Å². The number of hydrogen-bond acceptors (Lipinski definition) is 2. The normalized spacial score (nSPS) is 9.75. The van der Waals surface area contributed by atoms with E-state index in [2.05, 4.69) is 12.0 Å². The first-order valence-corrected chi connectivity index (χ1v) is 3.52. The Labute approximate surface area is 52.8 Å². The molecule has 0 aliphatic carbocycles. The Kier molecular flexibility index (Phi) is 1.58. The maximum atomic E-state index is 4.16. The molecule has 1 aromatic rings. The van der Waals surface area contributed by atoms with Crippen LogP contribution in [0.4, 0.5) is 0 Å². The summed E-state index contributed by atoms with van der Waals surface area (Å²) in [4.78, 5) is 0. The van der Waals surface area contributed by atoms with Gasteiger partial charge in [0.05, 0.1) is 0 Å². The van der Waals surface area contributed by atoms with E-state index >= 15 is 0 Å². The van der Waals surface area contributed by atoms with E-state index in [9.17, 15) is 0 Å². The number of nitrogens with zero attached hydrogens (tertiary/aromatic N) is 2. The molecular weight excluding hydrogens is 120 g/mol. The van der Waals surface area contributed by atoms with Gasteiger partial charge in [-0.3, -0.25) is 0 Å². The first kappa shape index (κ1) is 5.69. The lowest BCUT2D eigenvalue weighted by molar-refractivity contribution is -0.746. The van der Waals surface area contributed by atoms with Crippen molar-refractivity contribution in [2.45, 2.75) is 20.4 Å². The second-order valence-corrected chi connectivity index (χ2v) is 2.64. The molecule has 0 radical (unpaired) electrons. The predicted octanol–water partition coefficient (Wildman–Crippen LogP) is 0.759. The molecule has 2 nitrogen and oxygen atoms in total. The van der Waals surface area contributed by atoms with Crippen LogP contribution in [0.15, 0.2) is 5.51 Å². The van der Waals surface area contributed by atoms with Crippen molar-refractivity contribution in [1.82, 2.24) is 5.10 Å². The van der Waals surface area contributed by atoms with E-state index in [0.717, 1.165) is 11.6 Å². The zero-order valence-corrected chi connectivity index (χ0v) is 5.90. The van der Waals surface area contributed by atoms with E-state index in [4.69, 9.17) is 0 Å². The number of rotatable bonds is 1. The summed E-state index contributed by atoms with van der Waals surface area (Å²) in [5.41, 5.74) is 2.02. The summed E-state index contributed by atoms with van der Waals surface area (Å²) < 4.78 is 1.93. The van der Waals surface area contributed by atoms with E-state index in [0.29, 0.717) is 0 Å². The zero-order chi connectivity index (χ0) is 5.98. The molecule has 1 aromatic heterocycles. The van der Waals surface area contributed by atoms with Gasteiger partial charge in [-0.05, 0) is 13.8 Å². The van der Waals surface area contributed by atoms with Crippen LogP contribution in [-0.4, -0.2) is 5.10 Å². The Morgan fingerprint density at radius 3 is 2.88 bits per heavy atom. The third-order valence-corrected chi connectivity index (χ3v) is 1.71. The lowest BCUT2D eigenvalue weighted by Crippen LogP contribution is -2.32. The Morgan fingerprint density at radius 2 is 2.62 bits per heavy atom. The Hall–Kier alpha value is -0.440. The van der Waals surface area contributed by atoms with Gasteiger partial charge in [0.15, 0.2) is 11.6 Å². The number of hydrogen-bond donors (Lipinski definition) is 0. The second-order valence-electron chi connectivity index (χ2n) is 1.60. The van der Waals surface area contributed by atoms with Gasteiger partial charge in [0.2, 0.25) is 0 Å². The third kappa shape index (κ3) is 1.04. The maximum Gasteiger partial charge on any atom is 0.253 e. The molecule has 0 N–H and O–H groups in total. The highest BCUT2D eigenvalue weighted by molar-refractivity contribution is 7.08. The van der Waals surface area contributed by atoms with Crippen LogP contribution >= 0.6 is 11.3 Å². The Morgan fingerprint density at radius 1 is 1.88 bits per heavy atom. The Balaban J connectivity index is 2.84. The van der Waals surface area contributed by atoms with Crippen LogP contribution in [0.2, 0.25) is 0 Å². The van der Waals surface area contributed by atoms with Crippen molar-refractivity contribution in [2.75, 3.05) is 0 Å². The molecule has 1 rings (SSSR count). The van der Waals surface area contributed by atoms with E-state index in [-0.39, 0.29) is 0 Å². The SMILES string of the molecule is CC[n+]1csc(C)n1. The highest BCUT2D eigenvalue weighted by atomic mass is 32.1. The van der Waals surface area contributed by atoms with Crippen molar-refractivity contribution in [1.29, 1.82) is 0 Å². The van der Waals surface area contributed by atoms with Gasteiger partial charge in [0, 0.05) is 5.10 Å².